The van der Waals surface area contributed by atoms with E-state index in [1.807, 2.05) is 23.1 Å². The van der Waals surface area contributed by atoms with Crippen molar-refractivity contribution < 1.29 is 4.39 Å². The highest BCUT2D eigenvalue weighted by Gasteiger charge is 2.15. The molecule has 0 radical (unpaired) electrons. The Hall–Kier alpha value is -2.25. The zero-order valence-electron chi connectivity index (χ0n) is 13.0. The summed E-state index contributed by atoms with van der Waals surface area (Å²) >= 11 is 9.26. The largest absolute Gasteiger partial charge is 0.368 e. The van der Waals surface area contributed by atoms with Crippen molar-refractivity contribution in [2.75, 3.05) is 10.6 Å². The van der Waals surface area contributed by atoms with E-state index in [0.717, 1.165) is 5.69 Å². The molecule has 2 N–H and O–H groups in total. The summed E-state index contributed by atoms with van der Waals surface area (Å²) in [6, 6.07) is 12.1. The number of halogens is 3. The Morgan fingerprint density at radius 2 is 1.96 bits per heavy atom. The highest BCUT2D eigenvalue weighted by molar-refractivity contribution is 9.10. The lowest BCUT2D eigenvalue weighted by molar-refractivity contribution is 0.601. The van der Waals surface area contributed by atoms with Crippen LogP contribution >= 0.6 is 27.5 Å². The molecule has 0 aliphatic rings. The first kappa shape index (κ1) is 17.6. The molecule has 3 aromatic rings. The summed E-state index contributed by atoms with van der Waals surface area (Å²) in [6.45, 7) is 0.700. The van der Waals surface area contributed by atoms with Crippen LogP contribution < -0.4 is 10.6 Å². The molecule has 8 heteroatoms. The van der Waals surface area contributed by atoms with Gasteiger partial charge in [-0.25, -0.2) is 9.37 Å². The Morgan fingerprint density at radius 3 is 2.64 bits per heavy atom. The molecule has 0 aliphatic carbocycles. The number of rotatable bonds is 5. The second-order valence-electron chi connectivity index (χ2n) is 5.32. The van der Waals surface area contributed by atoms with Crippen molar-refractivity contribution in [2.24, 2.45) is 0 Å². The molecule has 0 saturated carbocycles. The quantitative estimate of drug-likeness (QED) is 0.624. The van der Waals surface area contributed by atoms with E-state index in [0.29, 0.717) is 22.4 Å². The van der Waals surface area contributed by atoms with E-state index in [1.165, 1.54) is 6.07 Å². The van der Waals surface area contributed by atoms with Gasteiger partial charge in [0, 0.05) is 28.8 Å². The summed E-state index contributed by atoms with van der Waals surface area (Å²) in [5.41, 5.74) is 7.04. The van der Waals surface area contributed by atoms with Crippen LogP contribution in [0, 0.1) is 5.82 Å². The number of hydrogen-bond donors (Lipinski definition) is 1. The Balaban J connectivity index is 1.96. The molecule has 128 valence electrons. The molecular formula is C17H14BrClFN5. The molecule has 0 bridgehead atoms. The molecule has 1 aromatic carbocycles. The summed E-state index contributed by atoms with van der Waals surface area (Å²) in [5, 5.41) is 0.227. The minimum atomic E-state index is -0.312. The second-order valence-corrected chi connectivity index (χ2v) is 6.62. The third-order valence-electron chi connectivity index (χ3n) is 3.48. The van der Waals surface area contributed by atoms with Crippen molar-refractivity contribution in [1.82, 2.24) is 15.0 Å². The third kappa shape index (κ3) is 4.64. The average Bonchev–Trinajstić information content (AvgIpc) is 2.56. The number of aromatic nitrogens is 3. The molecule has 5 nitrogen and oxygen atoms in total. The maximum absolute atomic E-state index is 14.3. The van der Waals surface area contributed by atoms with Gasteiger partial charge >= 0.3 is 0 Å². The standard InChI is InChI=1S/C17H14BrClFN5/c18-12-5-4-11(14(20)7-12)9-25(10-13-3-1-2-6-22-13)16-8-15(19)23-17(21)24-16/h1-8H,9-10H2,(H2,21,23,24). The van der Waals surface area contributed by atoms with Crippen molar-refractivity contribution >= 4 is 39.3 Å². The molecule has 0 saturated heterocycles. The Kier molecular flexibility index (Phi) is 5.45. The smallest absolute Gasteiger partial charge is 0.223 e. The lowest BCUT2D eigenvalue weighted by atomic mass is 10.2. The van der Waals surface area contributed by atoms with Crippen LogP contribution in [0.25, 0.3) is 0 Å². The maximum atomic E-state index is 14.3. The van der Waals surface area contributed by atoms with Crippen LogP contribution in [0.2, 0.25) is 5.15 Å². The first-order chi connectivity index (χ1) is 12.0. The number of nitrogens with two attached hydrogens (primary N) is 1. The van der Waals surface area contributed by atoms with Crippen molar-refractivity contribution in [3.8, 4) is 0 Å². The van der Waals surface area contributed by atoms with Gasteiger partial charge in [0.15, 0.2) is 0 Å². The summed E-state index contributed by atoms with van der Waals surface area (Å²) in [5.74, 6) is 0.254. The number of nitrogens with zero attached hydrogens (tertiary/aromatic N) is 4. The van der Waals surface area contributed by atoms with E-state index in [4.69, 9.17) is 17.3 Å². The Bertz CT molecular complexity index is 858. The summed E-state index contributed by atoms with van der Waals surface area (Å²) in [4.78, 5) is 14.3. The number of nitrogen functional groups attached to an aromatic ring is 1. The molecule has 2 aromatic heterocycles. The molecular weight excluding hydrogens is 409 g/mol. The first-order valence-electron chi connectivity index (χ1n) is 7.40. The molecule has 0 fully saturated rings. The van der Waals surface area contributed by atoms with E-state index in [-0.39, 0.29) is 23.5 Å². The molecule has 25 heavy (non-hydrogen) atoms. The number of hydrogen-bond acceptors (Lipinski definition) is 5. The molecule has 0 aliphatic heterocycles. The predicted octanol–water partition coefficient (Wildman–Crippen LogP) is 4.22. The fourth-order valence-electron chi connectivity index (χ4n) is 2.35. The zero-order valence-corrected chi connectivity index (χ0v) is 15.4. The van der Waals surface area contributed by atoms with Gasteiger partial charge in [0.2, 0.25) is 5.95 Å². The number of anilines is 2. The Morgan fingerprint density at radius 1 is 1.12 bits per heavy atom. The summed E-state index contributed by atoms with van der Waals surface area (Å²) in [6.07, 6.45) is 1.70. The average molecular weight is 423 g/mol. The van der Waals surface area contributed by atoms with Crippen LogP contribution in [-0.2, 0) is 13.1 Å². The third-order valence-corrected chi connectivity index (χ3v) is 4.16. The fourth-order valence-corrected chi connectivity index (χ4v) is 2.86. The molecule has 0 atom stereocenters. The van der Waals surface area contributed by atoms with Gasteiger partial charge in [0.25, 0.3) is 0 Å². The molecule has 0 unspecified atom stereocenters. The van der Waals surface area contributed by atoms with Gasteiger partial charge in [-0.3, -0.25) is 4.98 Å². The summed E-state index contributed by atoms with van der Waals surface area (Å²) < 4.78 is 14.9. The lowest BCUT2D eigenvalue weighted by Gasteiger charge is -2.24. The minimum absolute atomic E-state index is 0.0600. The van der Waals surface area contributed by atoms with Gasteiger partial charge in [-0.15, -0.1) is 0 Å². The first-order valence-corrected chi connectivity index (χ1v) is 8.57. The highest BCUT2D eigenvalue weighted by atomic mass is 79.9. The second kappa shape index (κ2) is 7.76. The minimum Gasteiger partial charge on any atom is -0.368 e. The van der Waals surface area contributed by atoms with E-state index < -0.39 is 0 Å². The van der Waals surface area contributed by atoms with Crippen molar-refractivity contribution in [3.05, 3.63) is 75.4 Å². The van der Waals surface area contributed by atoms with Gasteiger partial charge in [0.1, 0.15) is 16.8 Å². The molecule has 0 amide bonds. The summed E-state index contributed by atoms with van der Waals surface area (Å²) in [7, 11) is 0. The molecule has 3 rings (SSSR count). The monoisotopic (exact) mass is 421 g/mol. The van der Waals surface area contributed by atoms with E-state index in [2.05, 4.69) is 30.9 Å². The van der Waals surface area contributed by atoms with Gasteiger partial charge in [-0.05, 0) is 24.3 Å². The van der Waals surface area contributed by atoms with Crippen LogP contribution in [0.1, 0.15) is 11.3 Å². The topological polar surface area (TPSA) is 67.9 Å². The molecule has 0 spiro atoms. The van der Waals surface area contributed by atoms with Gasteiger partial charge < -0.3 is 10.6 Å². The van der Waals surface area contributed by atoms with E-state index in [9.17, 15) is 4.39 Å². The van der Waals surface area contributed by atoms with Gasteiger partial charge in [-0.1, -0.05) is 39.7 Å². The van der Waals surface area contributed by atoms with Crippen LogP contribution in [-0.4, -0.2) is 15.0 Å². The predicted molar refractivity (Wildman–Crippen MR) is 99.7 cm³/mol. The van der Waals surface area contributed by atoms with Gasteiger partial charge in [-0.2, -0.15) is 4.98 Å². The highest BCUT2D eigenvalue weighted by Crippen LogP contribution is 2.23. The number of pyridine rings is 1. The SMILES string of the molecule is Nc1nc(Cl)cc(N(Cc2ccccn2)Cc2ccc(Br)cc2F)n1. The van der Waals surface area contributed by atoms with Gasteiger partial charge in [0.05, 0.1) is 12.2 Å². The lowest BCUT2D eigenvalue weighted by Crippen LogP contribution is -2.24. The molecule has 2 heterocycles. The zero-order chi connectivity index (χ0) is 17.8. The van der Waals surface area contributed by atoms with Crippen LogP contribution in [0.15, 0.2) is 53.1 Å². The van der Waals surface area contributed by atoms with Crippen LogP contribution in [0.3, 0.4) is 0 Å². The fraction of sp³-hybridized carbons (Fsp3) is 0.118. The normalized spacial score (nSPS) is 10.7. The van der Waals surface area contributed by atoms with E-state index >= 15 is 0 Å². The van der Waals surface area contributed by atoms with Crippen molar-refractivity contribution in [3.63, 3.8) is 0 Å². The Labute approximate surface area is 157 Å². The van der Waals surface area contributed by atoms with Crippen LogP contribution in [0.4, 0.5) is 16.2 Å². The maximum Gasteiger partial charge on any atom is 0.223 e. The van der Waals surface area contributed by atoms with Crippen LogP contribution in [0.5, 0.6) is 0 Å². The van der Waals surface area contributed by atoms with E-state index in [1.54, 1.807) is 24.4 Å². The van der Waals surface area contributed by atoms with Crippen molar-refractivity contribution in [2.45, 2.75) is 13.1 Å². The van der Waals surface area contributed by atoms with Crippen molar-refractivity contribution in [1.29, 1.82) is 0 Å². The number of benzene rings is 1.